The monoisotopic (exact) mass is 1090 g/mol. The number of carbonyl (C=O) groups is 3. The van der Waals surface area contributed by atoms with Crippen molar-refractivity contribution in [1.29, 1.82) is 0 Å². The molecule has 3 aromatic carbocycles. The molecule has 7 rings (SSSR count). The molecule has 0 spiro atoms. The first-order valence-electron chi connectivity index (χ1n) is 24.7. The van der Waals surface area contributed by atoms with Crippen LogP contribution in [-0.4, -0.2) is 169 Å². The van der Waals surface area contributed by atoms with E-state index in [1.54, 1.807) is 47.3 Å². The number of benzene rings is 3. The number of amides is 3. The van der Waals surface area contributed by atoms with Crippen molar-refractivity contribution in [3.8, 4) is 0 Å². The minimum absolute atomic E-state index is 0.0823. The summed E-state index contributed by atoms with van der Waals surface area (Å²) in [4.78, 5) is 77.4. The van der Waals surface area contributed by atoms with Crippen LogP contribution in [0.25, 0.3) is 0 Å². The van der Waals surface area contributed by atoms with Crippen molar-refractivity contribution in [2.75, 3.05) is 76.6 Å². The summed E-state index contributed by atoms with van der Waals surface area (Å²) in [6.45, 7) is 2.96. The lowest BCUT2D eigenvalue weighted by Gasteiger charge is -2.28. The first kappa shape index (κ1) is 56.7. The van der Waals surface area contributed by atoms with Gasteiger partial charge >= 0.3 is 0 Å². The number of rotatable bonds is 27. The summed E-state index contributed by atoms with van der Waals surface area (Å²) in [5, 5.41) is 32.9. The normalized spacial score (nSPS) is 16.4. The first-order chi connectivity index (χ1) is 36.0. The maximum Gasteiger partial charge on any atom is 0.220 e. The Morgan fingerprint density at radius 3 is 0.933 bits per heavy atom. The Morgan fingerprint density at radius 1 is 0.427 bits per heavy atom. The van der Waals surface area contributed by atoms with Gasteiger partial charge in [0.1, 0.15) is 17.1 Å². The van der Waals surface area contributed by atoms with Crippen LogP contribution in [-0.2, 0) is 67.3 Å². The van der Waals surface area contributed by atoms with Crippen LogP contribution in [0, 0.1) is 0 Å². The van der Waals surface area contributed by atoms with Crippen LogP contribution in [0.15, 0.2) is 110 Å². The molecule has 3 aromatic heterocycles. The molecule has 3 atom stereocenters. The summed E-state index contributed by atoms with van der Waals surface area (Å²) in [5.41, 5.74) is 4.68. The standard InChI is InChI=1S/C48H66N15O9P3/c64-46(49-28-43-34-61(55-52-43)31-40-10-4-1-5-11-40)16-25-73(67,68)37-58-19-21-59(38-74(69,70)26-17-47(65)50-29-44-35-62(56-53-44)32-41-12-6-2-7-13-41)23-24-60(22-20-58)39-75(71,72)27-18-48(66)51-30-45-36-63(57-54-45)33-42-14-8-3-9-15-42/h1-15,34-36H,16-33,37-39H2,(H,49,64)(H,50,65)(H,51,66)(H,67,68)(H,69,70)(H,71,72). The van der Waals surface area contributed by atoms with Crippen molar-refractivity contribution in [2.45, 2.75) is 58.5 Å². The van der Waals surface area contributed by atoms with E-state index in [1.165, 1.54) is 0 Å². The topological polar surface area (TPSA) is 301 Å². The fourth-order valence-corrected chi connectivity index (χ4v) is 13.0. The van der Waals surface area contributed by atoms with Crippen molar-refractivity contribution < 1.29 is 42.8 Å². The van der Waals surface area contributed by atoms with Gasteiger partial charge in [-0.2, -0.15) is 0 Å². The van der Waals surface area contributed by atoms with Crippen LogP contribution in [0.2, 0.25) is 0 Å². The first-order valence-corrected chi connectivity index (χ1v) is 30.8. The van der Waals surface area contributed by atoms with E-state index in [0.29, 0.717) is 36.7 Å². The molecule has 0 aliphatic carbocycles. The van der Waals surface area contributed by atoms with Crippen molar-refractivity contribution in [3.05, 3.63) is 143 Å². The van der Waals surface area contributed by atoms with Gasteiger partial charge in [-0.25, -0.2) is 14.0 Å². The van der Waals surface area contributed by atoms with Gasteiger partial charge in [-0.1, -0.05) is 107 Å². The van der Waals surface area contributed by atoms with E-state index < -0.39 is 39.8 Å². The van der Waals surface area contributed by atoms with Crippen LogP contribution >= 0.6 is 22.1 Å². The minimum Gasteiger partial charge on any atom is -0.350 e. The molecule has 1 aliphatic heterocycles. The van der Waals surface area contributed by atoms with Crippen LogP contribution in [0.3, 0.4) is 0 Å². The Hall–Kier alpha value is -6.06. The second-order valence-corrected chi connectivity index (χ2v) is 26.0. The summed E-state index contributed by atoms with van der Waals surface area (Å²) in [6.07, 6.45) is 2.60. The second kappa shape index (κ2) is 27.6. The van der Waals surface area contributed by atoms with Crippen LogP contribution in [0.4, 0.5) is 0 Å². The molecule has 1 fully saturated rings. The Morgan fingerprint density at radius 2 is 0.680 bits per heavy atom. The SMILES string of the molecule is O=C(CCP(=O)(O)CN1CCN(CP(=O)(O)CCC(=O)NCc2cn(Cc3ccccc3)nn2)CCN(CP(=O)(O)CCC(=O)NCc2cn(Cc3ccccc3)nn2)CC1)NCc1cn(Cc2ccccc2)nn1. The van der Waals surface area contributed by atoms with E-state index in [1.807, 2.05) is 91.0 Å². The second-order valence-electron chi connectivity index (χ2n) is 18.7. The third-order valence-corrected chi connectivity index (χ3v) is 17.5. The van der Waals surface area contributed by atoms with Gasteiger partial charge in [0.2, 0.25) is 39.8 Å². The smallest absolute Gasteiger partial charge is 0.220 e. The van der Waals surface area contributed by atoms with Crippen LogP contribution < -0.4 is 16.0 Å². The van der Waals surface area contributed by atoms with Gasteiger partial charge in [0.15, 0.2) is 0 Å². The van der Waals surface area contributed by atoms with Crippen molar-refractivity contribution in [2.24, 2.45) is 0 Å². The molecule has 4 heterocycles. The minimum atomic E-state index is -3.97. The molecule has 75 heavy (non-hydrogen) atoms. The molecular weight excluding hydrogens is 1020 g/mol. The Kier molecular flexibility index (Phi) is 20.9. The largest absolute Gasteiger partial charge is 0.350 e. The predicted molar refractivity (Wildman–Crippen MR) is 279 cm³/mol. The maximum absolute atomic E-state index is 13.7. The molecule has 6 N–H and O–H groups in total. The number of hydrogen-bond acceptors (Lipinski definition) is 15. The highest BCUT2D eigenvalue weighted by molar-refractivity contribution is 7.58. The fourth-order valence-electron chi connectivity index (χ4n) is 8.22. The van der Waals surface area contributed by atoms with E-state index >= 15 is 0 Å². The zero-order valence-corrected chi connectivity index (χ0v) is 44.4. The fraction of sp³-hybridized carbons (Fsp3) is 0.438. The zero-order chi connectivity index (χ0) is 53.1. The lowest BCUT2D eigenvalue weighted by Crippen LogP contribution is -2.37. The van der Waals surface area contributed by atoms with E-state index in [2.05, 4.69) is 46.9 Å². The zero-order valence-electron chi connectivity index (χ0n) is 41.7. The maximum atomic E-state index is 13.7. The van der Waals surface area contributed by atoms with Gasteiger partial charge in [-0.3, -0.25) is 42.8 Å². The van der Waals surface area contributed by atoms with Gasteiger partial charge < -0.3 is 30.6 Å². The number of hydrogen-bond donors (Lipinski definition) is 6. The van der Waals surface area contributed by atoms with Gasteiger partial charge in [-0.05, 0) is 16.7 Å². The molecule has 0 radical (unpaired) electrons. The Labute approximate surface area is 435 Å². The van der Waals surface area contributed by atoms with Gasteiger partial charge in [-0.15, -0.1) is 15.3 Å². The lowest BCUT2D eigenvalue weighted by atomic mass is 10.2. The summed E-state index contributed by atoms with van der Waals surface area (Å²) < 4.78 is 46.1. The van der Waals surface area contributed by atoms with Crippen molar-refractivity contribution in [3.63, 3.8) is 0 Å². The molecule has 3 unspecified atom stereocenters. The third-order valence-electron chi connectivity index (χ3n) is 12.2. The summed E-state index contributed by atoms with van der Waals surface area (Å²) in [5.74, 6) is -1.33. The molecule has 1 saturated heterocycles. The molecule has 0 saturated carbocycles. The number of nitrogens with zero attached hydrogens (tertiary/aromatic N) is 12. The van der Waals surface area contributed by atoms with E-state index in [-0.39, 0.29) is 116 Å². The molecule has 27 heteroatoms. The molecule has 24 nitrogen and oxygen atoms in total. The highest BCUT2D eigenvalue weighted by atomic mass is 31.2. The molecular formula is C48H66N15O9P3. The highest BCUT2D eigenvalue weighted by Crippen LogP contribution is 2.44. The van der Waals surface area contributed by atoms with Gasteiger partial charge in [0.05, 0.1) is 76.7 Å². The van der Waals surface area contributed by atoms with E-state index in [4.69, 9.17) is 0 Å². The van der Waals surface area contributed by atoms with Crippen LogP contribution in [0.5, 0.6) is 0 Å². The molecule has 0 bridgehead atoms. The average molecular weight is 1090 g/mol. The Balaban J connectivity index is 0.906. The number of nitrogens with one attached hydrogen (secondary N) is 3. The van der Waals surface area contributed by atoms with Crippen molar-refractivity contribution in [1.82, 2.24) is 75.6 Å². The lowest BCUT2D eigenvalue weighted by molar-refractivity contribution is -0.121. The number of carbonyl (C=O) groups excluding carboxylic acids is 3. The predicted octanol–water partition coefficient (Wildman–Crippen LogP) is 2.63. The molecule has 6 aromatic rings. The van der Waals surface area contributed by atoms with Gasteiger partial charge in [0, 0.05) is 77.0 Å². The quantitative estimate of drug-likeness (QED) is 0.0404. The summed E-state index contributed by atoms with van der Waals surface area (Å²) in [7, 11) is -11.9. The average Bonchev–Trinajstić information content (AvgIpc) is 4.18. The highest BCUT2D eigenvalue weighted by Gasteiger charge is 2.31. The number of aromatic nitrogens is 9. The molecule has 3 amide bonds. The van der Waals surface area contributed by atoms with Crippen LogP contribution in [0.1, 0.15) is 53.0 Å². The van der Waals surface area contributed by atoms with Gasteiger partial charge in [0.25, 0.3) is 0 Å². The Bertz CT molecular complexity index is 2590. The molecule has 1 aliphatic rings. The van der Waals surface area contributed by atoms with Crippen molar-refractivity contribution >= 4 is 39.8 Å². The molecule has 402 valence electrons. The summed E-state index contributed by atoms with van der Waals surface area (Å²) in [6, 6.07) is 29.1. The third kappa shape index (κ3) is 20.5. The van der Waals surface area contributed by atoms with E-state index in [9.17, 15) is 42.8 Å². The summed E-state index contributed by atoms with van der Waals surface area (Å²) >= 11 is 0. The van der Waals surface area contributed by atoms with E-state index in [0.717, 1.165) is 16.7 Å².